The van der Waals surface area contributed by atoms with E-state index in [1.807, 2.05) is 31.2 Å². The number of para-hydroxylation sites is 1. The first kappa shape index (κ1) is 17.7. The van der Waals surface area contributed by atoms with Crippen LogP contribution in [0.5, 0.6) is 0 Å². The Morgan fingerprint density at radius 3 is 2.56 bits per heavy atom. The van der Waals surface area contributed by atoms with Gasteiger partial charge in [0.15, 0.2) is 0 Å². The van der Waals surface area contributed by atoms with Crippen molar-refractivity contribution in [3.05, 3.63) is 48.7 Å². The molecule has 134 valence electrons. The van der Waals surface area contributed by atoms with E-state index < -0.39 is 10.0 Å². The van der Waals surface area contributed by atoms with Gasteiger partial charge in [-0.2, -0.15) is 0 Å². The highest BCUT2D eigenvalue weighted by Gasteiger charge is 2.24. The van der Waals surface area contributed by atoms with Crippen molar-refractivity contribution in [2.75, 3.05) is 28.8 Å². The van der Waals surface area contributed by atoms with Crippen molar-refractivity contribution >= 4 is 21.5 Å². The first-order valence-electron chi connectivity index (χ1n) is 8.81. The van der Waals surface area contributed by atoms with Crippen molar-refractivity contribution in [1.29, 1.82) is 0 Å². The first-order valence-corrected chi connectivity index (χ1v) is 10.2. The van der Waals surface area contributed by atoms with Crippen LogP contribution in [-0.2, 0) is 10.0 Å². The molecule has 2 heterocycles. The summed E-state index contributed by atoms with van der Waals surface area (Å²) in [4.78, 5) is 6.90. The van der Waals surface area contributed by atoms with Crippen LogP contribution in [0.1, 0.15) is 26.7 Å². The second-order valence-corrected chi connectivity index (χ2v) is 8.41. The fourth-order valence-electron chi connectivity index (χ4n) is 3.32. The molecule has 1 aromatic carbocycles. The van der Waals surface area contributed by atoms with Crippen LogP contribution in [0, 0.1) is 5.92 Å². The maximum atomic E-state index is 13.0. The summed E-state index contributed by atoms with van der Waals surface area (Å²) in [6.45, 7) is 6.40. The summed E-state index contributed by atoms with van der Waals surface area (Å²) < 4.78 is 27.4. The Morgan fingerprint density at radius 2 is 1.96 bits per heavy atom. The second-order valence-electron chi connectivity index (χ2n) is 6.55. The zero-order valence-corrected chi connectivity index (χ0v) is 15.6. The molecule has 0 N–H and O–H groups in total. The summed E-state index contributed by atoms with van der Waals surface area (Å²) >= 11 is 0. The molecule has 1 atom stereocenters. The van der Waals surface area contributed by atoms with Crippen LogP contribution in [0.15, 0.2) is 53.6 Å². The molecule has 0 amide bonds. The monoisotopic (exact) mass is 359 g/mol. The molecular formula is C19H25N3O2S. The Balaban J connectivity index is 1.85. The zero-order valence-electron chi connectivity index (χ0n) is 14.8. The topological polar surface area (TPSA) is 53.5 Å². The van der Waals surface area contributed by atoms with Crippen LogP contribution in [0.25, 0.3) is 0 Å². The third kappa shape index (κ3) is 3.79. The Morgan fingerprint density at radius 1 is 1.20 bits per heavy atom. The molecule has 25 heavy (non-hydrogen) atoms. The quantitative estimate of drug-likeness (QED) is 0.819. The Bertz CT molecular complexity index is 791. The largest absolute Gasteiger partial charge is 0.356 e. The molecular weight excluding hydrogens is 334 g/mol. The van der Waals surface area contributed by atoms with Gasteiger partial charge in [-0.05, 0) is 49.9 Å². The maximum absolute atomic E-state index is 13.0. The Labute approximate surface area is 150 Å². The number of hydrogen-bond acceptors (Lipinski definition) is 4. The third-order valence-electron chi connectivity index (χ3n) is 4.62. The summed E-state index contributed by atoms with van der Waals surface area (Å²) in [7, 11) is -3.61. The van der Waals surface area contributed by atoms with Crippen molar-refractivity contribution in [2.45, 2.75) is 31.6 Å². The average Bonchev–Trinajstić information content (AvgIpc) is 2.63. The minimum Gasteiger partial charge on any atom is -0.356 e. The summed E-state index contributed by atoms with van der Waals surface area (Å²) in [5, 5.41) is 0. The third-order valence-corrected chi connectivity index (χ3v) is 6.51. The van der Waals surface area contributed by atoms with Crippen molar-refractivity contribution in [1.82, 2.24) is 4.98 Å². The van der Waals surface area contributed by atoms with E-state index >= 15 is 0 Å². The number of piperidine rings is 1. The molecule has 0 spiro atoms. The molecule has 0 bridgehead atoms. The highest BCUT2D eigenvalue weighted by molar-refractivity contribution is 7.92. The predicted molar refractivity (Wildman–Crippen MR) is 101 cm³/mol. The number of sulfonamides is 1. The van der Waals surface area contributed by atoms with E-state index in [9.17, 15) is 8.42 Å². The van der Waals surface area contributed by atoms with Gasteiger partial charge < -0.3 is 4.90 Å². The van der Waals surface area contributed by atoms with Gasteiger partial charge in [0.05, 0.1) is 5.69 Å². The van der Waals surface area contributed by atoms with Gasteiger partial charge in [-0.1, -0.05) is 25.1 Å². The van der Waals surface area contributed by atoms with Crippen molar-refractivity contribution in [2.24, 2.45) is 5.92 Å². The zero-order chi connectivity index (χ0) is 17.9. The summed E-state index contributed by atoms with van der Waals surface area (Å²) in [5.74, 6) is 1.50. The molecule has 1 saturated heterocycles. The van der Waals surface area contributed by atoms with Gasteiger partial charge in [0.25, 0.3) is 10.0 Å². The maximum Gasteiger partial charge on any atom is 0.265 e. The molecule has 0 saturated carbocycles. The number of anilines is 2. The minimum absolute atomic E-state index is 0.229. The van der Waals surface area contributed by atoms with Gasteiger partial charge in [-0.25, -0.2) is 13.4 Å². The van der Waals surface area contributed by atoms with Crippen LogP contribution in [0.2, 0.25) is 0 Å². The molecule has 1 aliphatic rings. The van der Waals surface area contributed by atoms with Crippen LogP contribution in [0.3, 0.4) is 0 Å². The molecule has 1 aromatic heterocycles. The molecule has 1 aliphatic heterocycles. The molecule has 6 heteroatoms. The highest BCUT2D eigenvalue weighted by atomic mass is 32.2. The Kier molecular flexibility index (Phi) is 5.27. The lowest BCUT2D eigenvalue weighted by atomic mass is 10.0. The van der Waals surface area contributed by atoms with Crippen molar-refractivity contribution in [3.8, 4) is 0 Å². The van der Waals surface area contributed by atoms with Gasteiger partial charge in [0.1, 0.15) is 10.7 Å². The lowest BCUT2D eigenvalue weighted by Gasteiger charge is -2.32. The molecule has 0 aliphatic carbocycles. The molecule has 0 unspecified atom stereocenters. The normalized spacial score (nSPS) is 18.2. The lowest BCUT2D eigenvalue weighted by molar-refractivity contribution is 0.444. The number of pyridine rings is 1. The highest BCUT2D eigenvalue weighted by Crippen LogP contribution is 2.25. The molecule has 0 radical (unpaired) electrons. The second kappa shape index (κ2) is 7.44. The SMILES string of the molecule is CCN(c1ccccc1)S(=O)(=O)c1ccc(N2CCC[C@H](C)C2)nc1. The van der Waals surface area contributed by atoms with Crippen LogP contribution in [-0.4, -0.2) is 33.0 Å². The van der Waals surface area contributed by atoms with E-state index in [-0.39, 0.29) is 4.90 Å². The van der Waals surface area contributed by atoms with Gasteiger partial charge >= 0.3 is 0 Å². The van der Waals surface area contributed by atoms with Crippen LogP contribution >= 0.6 is 0 Å². The fourth-order valence-corrected chi connectivity index (χ4v) is 4.74. The summed E-state index contributed by atoms with van der Waals surface area (Å²) in [6, 6.07) is 12.7. The van der Waals surface area contributed by atoms with E-state index in [4.69, 9.17) is 0 Å². The van der Waals surface area contributed by atoms with Gasteiger partial charge in [-0.15, -0.1) is 0 Å². The van der Waals surface area contributed by atoms with E-state index in [0.29, 0.717) is 18.2 Å². The Hall–Kier alpha value is -2.08. The number of rotatable bonds is 5. The molecule has 3 rings (SSSR count). The van der Waals surface area contributed by atoms with Crippen molar-refractivity contribution < 1.29 is 8.42 Å². The van der Waals surface area contributed by atoms with E-state index in [1.54, 1.807) is 18.2 Å². The van der Waals surface area contributed by atoms with Crippen LogP contribution in [0.4, 0.5) is 11.5 Å². The lowest BCUT2D eigenvalue weighted by Crippen LogP contribution is -2.35. The molecule has 2 aromatic rings. The number of aromatic nitrogens is 1. The fraction of sp³-hybridized carbons (Fsp3) is 0.421. The van der Waals surface area contributed by atoms with E-state index in [2.05, 4.69) is 16.8 Å². The smallest absolute Gasteiger partial charge is 0.265 e. The summed E-state index contributed by atoms with van der Waals surface area (Å²) in [5.41, 5.74) is 0.666. The van der Waals surface area contributed by atoms with Gasteiger partial charge in [-0.3, -0.25) is 4.31 Å². The van der Waals surface area contributed by atoms with Gasteiger partial charge in [0.2, 0.25) is 0 Å². The minimum atomic E-state index is -3.61. The molecule has 1 fully saturated rings. The average molecular weight is 359 g/mol. The van der Waals surface area contributed by atoms with Gasteiger partial charge in [0, 0.05) is 25.8 Å². The number of nitrogens with zero attached hydrogens (tertiary/aromatic N) is 3. The molecule has 5 nitrogen and oxygen atoms in total. The van der Waals surface area contributed by atoms with E-state index in [0.717, 1.165) is 25.3 Å². The number of hydrogen-bond donors (Lipinski definition) is 0. The van der Waals surface area contributed by atoms with E-state index in [1.165, 1.54) is 16.9 Å². The van der Waals surface area contributed by atoms with Crippen molar-refractivity contribution in [3.63, 3.8) is 0 Å². The predicted octanol–water partition coefficient (Wildman–Crippen LogP) is 3.53. The standard InChI is InChI=1S/C19H25N3O2S/c1-3-22(17-9-5-4-6-10-17)25(23,24)18-11-12-19(20-14-18)21-13-7-8-16(2)15-21/h4-6,9-12,14,16H,3,7-8,13,15H2,1-2H3/t16-/m0/s1. The summed E-state index contributed by atoms with van der Waals surface area (Å²) in [6.07, 6.45) is 3.88. The number of benzene rings is 1. The first-order chi connectivity index (χ1) is 12.0. The van der Waals surface area contributed by atoms with Crippen LogP contribution < -0.4 is 9.21 Å².